The zero-order valence-electron chi connectivity index (χ0n) is 16.9. The number of carboxylic acid groups (broad SMARTS) is 1. The van der Waals surface area contributed by atoms with Crippen molar-refractivity contribution in [3.05, 3.63) is 84.2 Å². The molecule has 0 spiro atoms. The number of hydrogen-bond acceptors (Lipinski definition) is 3. The van der Waals surface area contributed by atoms with Crippen LogP contribution < -0.4 is 4.74 Å². The fourth-order valence-corrected chi connectivity index (χ4v) is 3.32. The molecule has 1 heterocycles. The van der Waals surface area contributed by atoms with Gasteiger partial charge in [-0.15, -0.1) is 0 Å². The molecule has 0 aliphatic rings. The Morgan fingerprint density at radius 3 is 2.20 bits per heavy atom. The first kappa shape index (κ1) is 21.1. The molecule has 154 valence electrons. The monoisotopic (exact) mass is 404 g/mol. The summed E-state index contributed by atoms with van der Waals surface area (Å²) in [5, 5.41) is 9.12. The summed E-state index contributed by atoms with van der Waals surface area (Å²) in [6.45, 7) is 2.08. The molecule has 0 saturated heterocycles. The number of fused-ring (bicyclic) bond motifs is 1. The van der Waals surface area contributed by atoms with E-state index in [1.807, 2.05) is 84.4 Å². The molecule has 6 heteroatoms. The summed E-state index contributed by atoms with van der Waals surface area (Å²) >= 11 is 0. The van der Waals surface area contributed by atoms with Crippen LogP contribution in [0.5, 0.6) is 5.75 Å². The summed E-state index contributed by atoms with van der Waals surface area (Å²) in [5.41, 5.74) is 4.93. The standard InChI is InChI=1S/C24H22N2O3.H2O/c1-16(24(27)28)17-7-9-18(10-8-17)19-11-13-20(14-12-19)29-15-23-25-21-5-3-4-6-22(21)26(23)2;/h3-14,16H,15H2,1-2H3,(H,27,28);1H2. The Kier molecular flexibility index (Phi) is 6.18. The van der Waals surface area contributed by atoms with Crippen molar-refractivity contribution in [2.45, 2.75) is 19.4 Å². The smallest absolute Gasteiger partial charge is 0.310 e. The number of aryl methyl sites for hydroxylation is 1. The Bertz CT molecular complexity index is 1150. The van der Waals surface area contributed by atoms with Crippen molar-refractivity contribution >= 4 is 17.0 Å². The fraction of sp³-hybridized carbons (Fsp3) is 0.167. The summed E-state index contributed by atoms with van der Waals surface area (Å²) in [4.78, 5) is 15.7. The SMILES string of the molecule is CC(C(=O)O)c1ccc(-c2ccc(OCc3nc4ccccc4n3C)cc2)cc1.O. The third kappa shape index (κ3) is 4.18. The molecule has 1 unspecified atom stereocenters. The van der Waals surface area contributed by atoms with E-state index in [1.54, 1.807) is 6.92 Å². The number of aromatic nitrogens is 2. The van der Waals surface area contributed by atoms with E-state index < -0.39 is 11.9 Å². The van der Waals surface area contributed by atoms with Gasteiger partial charge in [-0.05, 0) is 47.9 Å². The summed E-state index contributed by atoms with van der Waals surface area (Å²) < 4.78 is 7.97. The van der Waals surface area contributed by atoms with Gasteiger partial charge in [-0.25, -0.2) is 4.98 Å². The van der Waals surface area contributed by atoms with E-state index in [-0.39, 0.29) is 5.48 Å². The second-order valence-electron chi connectivity index (χ2n) is 7.07. The Morgan fingerprint density at radius 1 is 1.00 bits per heavy atom. The molecule has 1 atom stereocenters. The molecule has 0 amide bonds. The second-order valence-corrected chi connectivity index (χ2v) is 7.07. The lowest BCUT2D eigenvalue weighted by molar-refractivity contribution is -0.138. The highest BCUT2D eigenvalue weighted by Gasteiger charge is 2.13. The molecule has 0 bridgehead atoms. The number of hydrogen-bond donors (Lipinski definition) is 1. The number of benzene rings is 3. The number of ether oxygens (including phenoxy) is 1. The van der Waals surface area contributed by atoms with Gasteiger partial charge < -0.3 is 19.9 Å². The second kappa shape index (κ2) is 8.80. The third-order valence-electron chi connectivity index (χ3n) is 5.22. The predicted molar refractivity (Wildman–Crippen MR) is 117 cm³/mol. The quantitative estimate of drug-likeness (QED) is 0.521. The number of nitrogens with zero attached hydrogens (tertiary/aromatic N) is 2. The van der Waals surface area contributed by atoms with Gasteiger partial charge in [0.15, 0.2) is 0 Å². The summed E-state index contributed by atoms with van der Waals surface area (Å²) in [6.07, 6.45) is 0. The number of para-hydroxylation sites is 2. The minimum absolute atomic E-state index is 0. The third-order valence-corrected chi connectivity index (χ3v) is 5.22. The molecule has 4 aromatic rings. The van der Waals surface area contributed by atoms with Gasteiger partial charge in [0.2, 0.25) is 0 Å². The number of aliphatic carboxylic acids is 1. The van der Waals surface area contributed by atoms with Crippen LogP contribution in [0.3, 0.4) is 0 Å². The van der Waals surface area contributed by atoms with E-state index in [0.717, 1.165) is 39.3 Å². The normalized spacial score (nSPS) is 11.7. The van der Waals surface area contributed by atoms with Crippen molar-refractivity contribution in [1.82, 2.24) is 9.55 Å². The van der Waals surface area contributed by atoms with Gasteiger partial charge in [0.05, 0.1) is 17.0 Å². The van der Waals surface area contributed by atoms with Crippen LogP contribution in [0.25, 0.3) is 22.2 Å². The highest BCUT2D eigenvalue weighted by atomic mass is 16.5. The van der Waals surface area contributed by atoms with Crippen LogP contribution >= 0.6 is 0 Å². The molecule has 0 aliphatic heterocycles. The number of carboxylic acids is 1. The first-order valence-corrected chi connectivity index (χ1v) is 9.49. The average molecular weight is 404 g/mol. The number of imidazole rings is 1. The largest absolute Gasteiger partial charge is 0.486 e. The van der Waals surface area contributed by atoms with Crippen molar-refractivity contribution in [2.75, 3.05) is 0 Å². The minimum Gasteiger partial charge on any atom is -0.486 e. The molecule has 30 heavy (non-hydrogen) atoms. The van der Waals surface area contributed by atoms with E-state index in [9.17, 15) is 4.79 Å². The zero-order valence-corrected chi connectivity index (χ0v) is 16.9. The molecule has 3 N–H and O–H groups in total. The van der Waals surface area contributed by atoms with Crippen LogP contribution in [0.4, 0.5) is 0 Å². The Labute approximate surface area is 174 Å². The van der Waals surface area contributed by atoms with Gasteiger partial charge in [0.25, 0.3) is 0 Å². The lowest BCUT2D eigenvalue weighted by Crippen LogP contribution is -2.06. The molecule has 0 aliphatic carbocycles. The number of carbonyl (C=O) groups is 1. The van der Waals surface area contributed by atoms with E-state index >= 15 is 0 Å². The van der Waals surface area contributed by atoms with Crippen LogP contribution in [-0.4, -0.2) is 26.1 Å². The first-order chi connectivity index (χ1) is 14.0. The number of rotatable bonds is 6. The Balaban J connectivity index is 0.00000256. The molecule has 1 aromatic heterocycles. The van der Waals surface area contributed by atoms with Gasteiger partial charge in [-0.1, -0.05) is 48.5 Å². The predicted octanol–water partition coefficient (Wildman–Crippen LogP) is 4.18. The van der Waals surface area contributed by atoms with E-state index in [4.69, 9.17) is 9.84 Å². The van der Waals surface area contributed by atoms with Crippen molar-refractivity contribution < 1.29 is 20.1 Å². The van der Waals surface area contributed by atoms with Crippen LogP contribution in [0.15, 0.2) is 72.8 Å². The van der Waals surface area contributed by atoms with Crippen molar-refractivity contribution in [1.29, 1.82) is 0 Å². The molecule has 6 nitrogen and oxygen atoms in total. The minimum atomic E-state index is -0.820. The topological polar surface area (TPSA) is 95.8 Å². The van der Waals surface area contributed by atoms with Crippen molar-refractivity contribution in [3.63, 3.8) is 0 Å². The fourth-order valence-electron chi connectivity index (χ4n) is 3.32. The zero-order chi connectivity index (χ0) is 20.4. The van der Waals surface area contributed by atoms with Crippen LogP contribution in [0.2, 0.25) is 0 Å². The lowest BCUT2D eigenvalue weighted by Gasteiger charge is -2.09. The van der Waals surface area contributed by atoms with Gasteiger partial charge in [0, 0.05) is 7.05 Å². The Morgan fingerprint density at radius 2 is 1.60 bits per heavy atom. The Hall–Kier alpha value is -3.64. The highest BCUT2D eigenvalue weighted by molar-refractivity contribution is 5.76. The van der Waals surface area contributed by atoms with E-state index in [0.29, 0.717) is 6.61 Å². The summed E-state index contributed by atoms with van der Waals surface area (Å²) in [5.74, 6) is 0.317. The van der Waals surface area contributed by atoms with Gasteiger partial charge >= 0.3 is 5.97 Å². The van der Waals surface area contributed by atoms with Crippen LogP contribution in [0.1, 0.15) is 24.2 Å². The van der Waals surface area contributed by atoms with Crippen LogP contribution in [0, 0.1) is 0 Å². The maximum Gasteiger partial charge on any atom is 0.310 e. The molecule has 0 fully saturated rings. The first-order valence-electron chi connectivity index (χ1n) is 9.49. The molecular weight excluding hydrogens is 380 g/mol. The molecule has 0 saturated carbocycles. The summed E-state index contributed by atoms with van der Waals surface area (Å²) in [7, 11) is 1.99. The van der Waals surface area contributed by atoms with Crippen molar-refractivity contribution in [2.24, 2.45) is 7.05 Å². The molecule has 3 aromatic carbocycles. The maximum absolute atomic E-state index is 11.1. The van der Waals surface area contributed by atoms with Gasteiger partial charge in [-0.2, -0.15) is 0 Å². The highest BCUT2D eigenvalue weighted by Crippen LogP contribution is 2.25. The maximum atomic E-state index is 11.1. The van der Waals surface area contributed by atoms with Crippen molar-refractivity contribution in [3.8, 4) is 16.9 Å². The van der Waals surface area contributed by atoms with Crippen LogP contribution in [-0.2, 0) is 18.4 Å². The summed E-state index contributed by atoms with van der Waals surface area (Å²) in [6, 6.07) is 23.5. The lowest BCUT2D eigenvalue weighted by atomic mass is 9.98. The van der Waals surface area contributed by atoms with Gasteiger partial charge in [0.1, 0.15) is 18.2 Å². The van der Waals surface area contributed by atoms with Gasteiger partial charge in [-0.3, -0.25) is 4.79 Å². The molecule has 0 radical (unpaired) electrons. The molecular formula is C24H24N2O4. The van der Waals surface area contributed by atoms with E-state index in [1.165, 1.54) is 0 Å². The molecule has 4 rings (SSSR count). The van der Waals surface area contributed by atoms with E-state index in [2.05, 4.69) is 4.98 Å². The average Bonchev–Trinajstić information content (AvgIpc) is 3.08.